The fourth-order valence-corrected chi connectivity index (χ4v) is 2.24. The molecule has 0 saturated carbocycles. The van der Waals surface area contributed by atoms with Gasteiger partial charge in [-0.25, -0.2) is 4.39 Å². The van der Waals surface area contributed by atoms with Crippen molar-refractivity contribution in [3.63, 3.8) is 0 Å². The third-order valence-corrected chi connectivity index (χ3v) is 3.19. The van der Waals surface area contributed by atoms with Gasteiger partial charge in [-0.1, -0.05) is 6.07 Å². The molecule has 0 aromatic heterocycles. The average molecular weight is 236 g/mol. The Balaban J connectivity index is 1.64. The maximum atomic E-state index is 13.2. The van der Waals surface area contributed by atoms with Gasteiger partial charge >= 0.3 is 0 Å². The van der Waals surface area contributed by atoms with Gasteiger partial charge in [-0.2, -0.15) is 0 Å². The highest BCUT2D eigenvalue weighted by Crippen LogP contribution is 2.18. The molecule has 0 amide bonds. The second kappa shape index (κ2) is 6.60. The summed E-state index contributed by atoms with van der Waals surface area (Å²) in [6, 6.07) is 7.28. The van der Waals surface area contributed by atoms with E-state index < -0.39 is 0 Å². The lowest BCUT2D eigenvalue weighted by Crippen LogP contribution is -2.29. The van der Waals surface area contributed by atoms with Crippen LogP contribution in [0.15, 0.2) is 18.2 Å². The van der Waals surface area contributed by atoms with Crippen molar-refractivity contribution >= 4 is 0 Å². The summed E-state index contributed by atoms with van der Waals surface area (Å²) in [6.45, 7) is 2.87. The molecular formula is C14H19FNO. The second-order valence-corrected chi connectivity index (χ2v) is 4.56. The first-order valence-electron chi connectivity index (χ1n) is 6.35. The minimum absolute atomic E-state index is 0.327. The molecule has 1 radical (unpaired) electrons. The maximum Gasteiger partial charge on any atom is 0.165 e. The molecule has 1 aromatic carbocycles. The molecule has 1 unspecified atom stereocenters. The highest BCUT2D eigenvalue weighted by Gasteiger charge is 2.12. The van der Waals surface area contributed by atoms with Gasteiger partial charge in [-0.05, 0) is 62.9 Å². The number of piperidine rings is 1. The summed E-state index contributed by atoms with van der Waals surface area (Å²) in [4.78, 5) is 0. The molecule has 0 spiro atoms. The van der Waals surface area contributed by atoms with Gasteiger partial charge < -0.3 is 10.1 Å². The van der Waals surface area contributed by atoms with Crippen LogP contribution in [0.25, 0.3) is 0 Å². The molecule has 1 aliphatic heterocycles. The fourth-order valence-electron chi connectivity index (χ4n) is 2.24. The van der Waals surface area contributed by atoms with E-state index in [4.69, 9.17) is 4.74 Å². The normalized spacial score (nSPS) is 20.2. The zero-order valence-corrected chi connectivity index (χ0v) is 10.0. The van der Waals surface area contributed by atoms with Crippen LogP contribution in [-0.4, -0.2) is 19.7 Å². The highest BCUT2D eigenvalue weighted by molar-refractivity contribution is 5.22. The molecular weight excluding hydrogens is 217 g/mol. The van der Waals surface area contributed by atoms with Crippen LogP contribution < -0.4 is 10.1 Å². The van der Waals surface area contributed by atoms with E-state index in [2.05, 4.69) is 11.4 Å². The van der Waals surface area contributed by atoms with Crippen molar-refractivity contribution in [2.75, 3.05) is 19.7 Å². The Morgan fingerprint density at radius 2 is 2.47 bits per heavy atom. The Morgan fingerprint density at radius 1 is 1.53 bits per heavy atom. The van der Waals surface area contributed by atoms with Crippen LogP contribution in [0.2, 0.25) is 0 Å². The van der Waals surface area contributed by atoms with Crippen molar-refractivity contribution in [1.82, 2.24) is 5.32 Å². The van der Waals surface area contributed by atoms with Crippen LogP contribution in [0.5, 0.6) is 5.75 Å². The Labute approximate surface area is 102 Å². The molecule has 1 fully saturated rings. The highest BCUT2D eigenvalue weighted by atomic mass is 19.1. The van der Waals surface area contributed by atoms with Crippen molar-refractivity contribution < 1.29 is 9.13 Å². The maximum absolute atomic E-state index is 13.2. The van der Waals surface area contributed by atoms with E-state index in [-0.39, 0.29) is 5.82 Å². The summed E-state index contributed by atoms with van der Waals surface area (Å²) in [5.41, 5.74) is 0. The SMILES string of the molecule is Fc1c[c]ccc1OCCCC1CCCNC1. The molecule has 1 aliphatic rings. The molecule has 17 heavy (non-hydrogen) atoms. The summed E-state index contributed by atoms with van der Waals surface area (Å²) in [5.74, 6) is 0.777. The smallest absolute Gasteiger partial charge is 0.165 e. The van der Waals surface area contributed by atoms with E-state index >= 15 is 0 Å². The minimum Gasteiger partial charge on any atom is -0.491 e. The van der Waals surface area contributed by atoms with Crippen molar-refractivity contribution in [1.29, 1.82) is 0 Å². The largest absolute Gasteiger partial charge is 0.491 e. The molecule has 0 bridgehead atoms. The lowest BCUT2D eigenvalue weighted by molar-refractivity contribution is 0.266. The van der Waals surface area contributed by atoms with E-state index in [0.717, 1.165) is 31.8 Å². The van der Waals surface area contributed by atoms with Crippen LogP contribution in [0.4, 0.5) is 4.39 Å². The quantitative estimate of drug-likeness (QED) is 0.794. The second-order valence-electron chi connectivity index (χ2n) is 4.56. The molecule has 0 aliphatic carbocycles. The van der Waals surface area contributed by atoms with Crippen molar-refractivity contribution in [2.45, 2.75) is 25.7 Å². The van der Waals surface area contributed by atoms with Crippen LogP contribution >= 0.6 is 0 Å². The van der Waals surface area contributed by atoms with Gasteiger partial charge in [0.05, 0.1) is 6.61 Å². The summed E-state index contributed by atoms with van der Waals surface area (Å²) in [6.07, 6.45) is 4.73. The molecule has 2 rings (SSSR count). The van der Waals surface area contributed by atoms with E-state index in [9.17, 15) is 4.39 Å². The van der Waals surface area contributed by atoms with E-state index in [0.29, 0.717) is 12.4 Å². The molecule has 93 valence electrons. The number of nitrogens with one attached hydrogen (secondary N) is 1. The zero-order chi connectivity index (χ0) is 11.9. The van der Waals surface area contributed by atoms with Gasteiger partial charge in [0, 0.05) is 0 Å². The van der Waals surface area contributed by atoms with Gasteiger partial charge in [0.2, 0.25) is 0 Å². The van der Waals surface area contributed by atoms with Gasteiger partial charge in [0.25, 0.3) is 0 Å². The predicted octanol–water partition coefficient (Wildman–Crippen LogP) is 2.78. The summed E-state index contributed by atoms with van der Waals surface area (Å²) < 4.78 is 18.6. The summed E-state index contributed by atoms with van der Waals surface area (Å²) in [7, 11) is 0. The monoisotopic (exact) mass is 236 g/mol. The molecule has 2 nitrogen and oxygen atoms in total. The number of hydrogen-bond acceptors (Lipinski definition) is 2. The van der Waals surface area contributed by atoms with Gasteiger partial charge in [0.1, 0.15) is 0 Å². The zero-order valence-electron chi connectivity index (χ0n) is 10.0. The number of halogens is 1. The Morgan fingerprint density at radius 3 is 3.24 bits per heavy atom. The first kappa shape index (κ1) is 12.4. The molecule has 1 saturated heterocycles. The molecule has 1 aromatic rings. The van der Waals surface area contributed by atoms with E-state index in [1.807, 2.05) is 0 Å². The summed E-state index contributed by atoms with van der Waals surface area (Å²) >= 11 is 0. The molecule has 1 atom stereocenters. The fraction of sp³-hybridized carbons (Fsp3) is 0.571. The topological polar surface area (TPSA) is 21.3 Å². The third-order valence-electron chi connectivity index (χ3n) is 3.19. The van der Waals surface area contributed by atoms with Gasteiger partial charge in [-0.3, -0.25) is 0 Å². The summed E-state index contributed by atoms with van der Waals surface area (Å²) in [5, 5.41) is 3.40. The molecule has 1 heterocycles. The average Bonchev–Trinajstić information content (AvgIpc) is 2.38. The first-order valence-corrected chi connectivity index (χ1v) is 6.35. The standard InChI is InChI=1S/C14H19FNO/c15-13-7-1-2-8-14(13)17-10-4-6-12-5-3-9-16-11-12/h2,7-8,12,16H,3-6,9-11H2. The van der Waals surface area contributed by atoms with Gasteiger partial charge in [-0.15, -0.1) is 0 Å². The lowest BCUT2D eigenvalue weighted by atomic mass is 9.95. The van der Waals surface area contributed by atoms with Crippen LogP contribution in [0.1, 0.15) is 25.7 Å². The minimum atomic E-state index is -0.327. The first-order chi connectivity index (χ1) is 8.36. The number of benzene rings is 1. The number of hydrogen-bond donors (Lipinski definition) is 1. The van der Waals surface area contributed by atoms with Crippen LogP contribution in [0.3, 0.4) is 0 Å². The van der Waals surface area contributed by atoms with Crippen molar-refractivity contribution in [2.24, 2.45) is 5.92 Å². The molecule has 1 N–H and O–H groups in total. The Hall–Kier alpha value is -1.09. The lowest BCUT2D eigenvalue weighted by Gasteiger charge is -2.22. The van der Waals surface area contributed by atoms with Crippen LogP contribution in [0, 0.1) is 17.8 Å². The molecule has 3 heteroatoms. The Kier molecular flexibility index (Phi) is 4.80. The van der Waals surface area contributed by atoms with E-state index in [1.54, 1.807) is 12.1 Å². The van der Waals surface area contributed by atoms with Crippen molar-refractivity contribution in [3.8, 4) is 5.75 Å². The number of rotatable bonds is 5. The van der Waals surface area contributed by atoms with Gasteiger partial charge in [0.15, 0.2) is 11.6 Å². The van der Waals surface area contributed by atoms with Crippen LogP contribution in [-0.2, 0) is 0 Å². The Bertz CT molecular complexity index is 337. The van der Waals surface area contributed by atoms with Crippen molar-refractivity contribution in [3.05, 3.63) is 30.1 Å². The van der Waals surface area contributed by atoms with E-state index in [1.165, 1.54) is 18.9 Å². The number of ether oxygens (including phenoxy) is 1. The third kappa shape index (κ3) is 4.00. The predicted molar refractivity (Wildman–Crippen MR) is 65.6 cm³/mol.